The standard InChI is InChI=1S/C23H33N3O3.HI/c1-6-24-22(25-15-14-17-11-9-13-20(28-5)21(17)27)26-16-18-10-7-8-12-19(18)29-23(2,3)4;/h7-13,27H,6,14-16H2,1-5H3,(H2,24,25,26);1H. The highest BCUT2D eigenvalue weighted by atomic mass is 127. The fourth-order valence-electron chi connectivity index (χ4n) is 2.82. The molecule has 0 amide bonds. The van der Waals surface area contributed by atoms with Gasteiger partial charge in [0.1, 0.15) is 11.4 Å². The van der Waals surface area contributed by atoms with Gasteiger partial charge < -0.3 is 25.2 Å². The van der Waals surface area contributed by atoms with Gasteiger partial charge in [-0.15, -0.1) is 24.0 Å². The van der Waals surface area contributed by atoms with Crippen LogP contribution in [0, 0.1) is 0 Å². The van der Waals surface area contributed by atoms with Crippen molar-refractivity contribution in [3.8, 4) is 17.2 Å². The zero-order chi connectivity index (χ0) is 21.3. The third kappa shape index (κ3) is 8.30. The lowest BCUT2D eigenvalue weighted by Crippen LogP contribution is -2.38. The number of phenolic OH excluding ortho intramolecular Hbond substituents is 1. The Kier molecular flexibility index (Phi) is 10.8. The molecule has 30 heavy (non-hydrogen) atoms. The number of benzene rings is 2. The molecular formula is C23H34IN3O3. The van der Waals surface area contributed by atoms with E-state index in [2.05, 4.69) is 15.6 Å². The number of methoxy groups -OCH3 is 1. The van der Waals surface area contributed by atoms with Crippen molar-refractivity contribution in [2.24, 2.45) is 4.99 Å². The van der Waals surface area contributed by atoms with Gasteiger partial charge >= 0.3 is 0 Å². The van der Waals surface area contributed by atoms with Crippen LogP contribution >= 0.6 is 24.0 Å². The first-order valence-corrected chi connectivity index (χ1v) is 9.98. The number of phenols is 1. The third-order valence-corrected chi connectivity index (χ3v) is 4.13. The molecular weight excluding hydrogens is 493 g/mol. The molecule has 2 rings (SSSR count). The molecule has 6 nitrogen and oxygen atoms in total. The highest BCUT2D eigenvalue weighted by Crippen LogP contribution is 2.29. The van der Waals surface area contributed by atoms with Gasteiger partial charge in [-0.3, -0.25) is 0 Å². The lowest BCUT2D eigenvalue weighted by Gasteiger charge is -2.23. The van der Waals surface area contributed by atoms with Gasteiger partial charge in [-0.1, -0.05) is 30.3 Å². The molecule has 0 aliphatic carbocycles. The monoisotopic (exact) mass is 527 g/mol. The predicted molar refractivity (Wildman–Crippen MR) is 133 cm³/mol. The molecule has 0 fully saturated rings. The van der Waals surface area contributed by atoms with E-state index in [1.54, 1.807) is 13.2 Å². The number of hydrogen-bond acceptors (Lipinski definition) is 4. The fourth-order valence-corrected chi connectivity index (χ4v) is 2.82. The van der Waals surface area contributed by atoms with Crippen molar-refractivity contribution in [1.29, 1.82) is 0 Å². The van der Waals surface area contributed by atoms with Gasteiger partial charge in [0, 0.05) is 18.7 Å². The maximum absolute atomic E-state index is 10.2. The van der Waals surface area contributed by atoms with Crippen molar-refractivity contribution in [2.75, 3.05) is 20.2 Å². The van der Waals surface area contributed by atoms with Gasteiger partial charge in [-0.2, -0.15) is 0 Å². The van der Waals surface area contributed by atoms with Crippen molar-refractivity contribution >= 4 is 29.9 Å². The van der Waals surface area contributed by atoms with E-state index in [9.17, 15) is 5.11 Å². The fraction of sp³-hybridized carbons (Fsp3) is 0.435. The van der Waals surface area contributed by atoms with Crippen molar-refractivity contribution in [1.82, 2.24) is 10.6 Å². The minimum Gasteiger partial charge on any atom is -0.504 e. The Labute approximate surface area is 197 Å². The molecule has 0 aliphatic heterocycles. The molecule has 0 aliphatic rings. The van der Waals surface area contributed by atoms with Gasteiger partial charge in [-0.25, -0.2) is 4.99 Å². The number of aliphatic imine (C=N–C) groups is 1. The Morgan fingerprint density at radius 2 is 1.67 bits per heavy atom. The lowest BCUT2D eigenvalue weighted by molar-refractivity contribution is 0.129. The first kappa shape index (κ1) is 25.9. The van der Waals surface area contributed by atoms with Crippen LogP contribution in [0.4, 0.5) is 0 Å². The van der Waals surface area contributed by atoms with E-state index < -0.39 is 0 Å². The molecule has 0 saturated heterocycles. The Hall–Kier alpha value is -2.16. The van der Waals surface area contributed by atoms with Crippen LogP contribution in [0.2, 0.25) is 0 Å². The summed E-state index contributed by atoms with van der Waals surface area (Å²) in [7, 11) is 1.55. The van der Waals surface area contributed by atoms with Crippen LogP contribution < -0.4 is 20.1 Å². The molecule has 0 aromatic heterocycles. The van der Waals surface area contributed by atoms with Gasteiger partial charge in [0.2, 0.25) is 0 Å². The summed E-state index contributed by atoms with van der Waals surface area (Å²) in [6.07, 6.45) is 0.650. The molecule has 2 aromatic carbocycles. The number of nitrogens with one attached hydrogen (secondary N) is 2. The molecule has 2 aromatic rings. The number of para-hydroxylation sites is 2. The lowest BCUT2D eigenvalue weighted by atomic mass is 10.1. The van der Waals surface area contributed by atoms with Gasteiger partial charge in [-0.05, 0) is 51.8 Å². The summed E-state index contributed by atoms with van der Waals surface area (Å²) in [4.78, 5) is 4.69. The number of nitrogens with zero attached hydrogens (tertiary/aromatic N) is 1. The number of ether oxygens (including phenoxy) is 2. The highest BCUT2D eigenvalue weighted by molar-refractivity contribution is 14.0. The summed E-state index contributed by atoms with van der Waals surface area (Å²) in [5, 5.41) is 16.8. The van der Waals surface area contributed by atoms with Crippen LogP contribution in [-0.4, -0.2) is 36.9 Å². The predicted octanol–water partition coefficient (Wildman–Crippen LogP) is 4.49. The molecule has 166 valence electrons. The number of hydrogen-bond donors (Lipinski definition) is 3. The second-order valence-corrected chi connectivity index (χ2v) is 7.66. The van der Waals surface area contributed by atoms with E-state index >= 15 is 0 Å². The highest BCUT2D eigenvalue weighted by Gasteiger charge is 2.14. The number of halogens is 1. The smallest absolute Gasteiger partial charge is 0.191 e. The summed E-state index contributed by atoms with van der Waals surface area (Å²) in [6, 6.07) is 13.5. The van der Waals surface area contributed by atoms with E-state index in [4.69, 9.17) is 9.47 Å². The number of aromatic hydroxyl groups is 1. The maximum atomic E-state index is 10.2. The molecule has 7 heteroatoms. The van der Waals surface area contributed by atoms with Crippen molar-refractivity contribution in [2.45, 2.75) is 46.3 Å². The Bertz CT molecular complexity index is 820. The first-order valence-electron chi connectivity index (χ1n) is 9.98. The van der Waals surface area contributed by atoms with Crippen molar-refractivity contribution in [3.05, 3.63) is 53.6 Å². The average molecular weight is 527 g/mol. The largest absolute Gasteiger partial charge is 0.504 e. The minimum atomic E-state index is -0.263. The first-order chi connectivity index (χ1) is 13.8. The molecule has 0 unspecified atom stereocenters. The summed E-state index contributed by atoms with van der Waals surface area (Å²) in [5.74, 6) is 2.24. The summed E-state index contributed by atoms with van der Waals surface area (Å²) in [5.41, 5.74) is 1.60. The molecule has 0 spiro atoms. The van der Waals surface area contributed by atoms with Crippen LogP contribution in [0.3, 0.4) is 0 Å². The average Bonchev–Trinajstić information content (AvgIpc) is 2.67. The number of rotatable bonds is 8. The van der Waals surface area contributed by atoms with Crippen molar-refractivity contribution in [3.63, 3.8) is 0 Å². The van der Waals surface area contributed by atoms with Crippen LogP contribution in [0.25, 0.3) is 0 Å². The SMILES string of the molecule is CCNC(=NCc1ccccc1OC(C)(C)C)NCCc1cccc(OC)c1O.I. The Morgan fingerprint density at radius 3 is 2.33 bits per heavy atom. The minimum absolute atomic E-state index is 0. The van der Waals surface area contributed by atoms with Gasteiger partial charge in [0.05, 0.1) is 13.7 Å². The normalized spacial score (nSPS) is 11.4. The molecule has 0 saturated carbocycles. The topological polar surface area (TPSA) is 75.1 Å². The van der Waals surface area contributed by atoms with Crippen molar-refractivity contribution < 1.29 is 14.6 Å². The quantitative estimate of drug-likeness (QED) is 0.268. The van der Waals surface area contributed by atoms with E-state index in [0.717, 1.165) is 29.4 Å². The van der Waals surface area contributed by atoms with Crippen LogP contribution in [0.1, 0.15) is 38.8 Å². The van der Waals surface area contributed by atoms with Gasteiger partial charge in [0.15, 0.2) is 17.5 Å². The second-order valence-electron chi connectivity index (χ2n) is 7.66. The third-order valence-electron chi connectivity index (χ3n) is 4.13. The van der Waals surface area contributed by atoms with Crippen LogP contribution in [0.15, 0.2) is 47.5 Å². The molecule has 3 N–H and O–H groups in total. The Morgan fingerprint density at radius 1 is 1.00 bits per heavy atom. The summed E-state index contributed by atoms with van der Waals surface area (Å²) >= 11 is 0. The molecule has 0 radical (unpaired) electrons. The van der Waals surface area contributed by atoms with E-state index in [1.165, 1.54) is 0 Å². The zero-order valence-corrected chi connectivity index (χ0v) is 20.8. The van der Waals surface area contributed by atoms with E-state index in [1.807, 2.05) is 64.1 Å². The van der Waals surface area contributed by atoms with E-state index in [0.29, 0.717) is 25.3 Å². The van der Waals surface area contributed by atoms with Gasteiger partial charge in [0.25, 0.3) is 0 Å². The zero-order valence-electron chi connectivity index (χ0n) is 18.5. The summed E-state index contributed by atoms with van der Waals surface area (Å²) < 4.78 is 11.2. The van der Waals surface area contributed by atoms with E-state index in [-0.39, 0.29) is 35.3 Å². The van der Waals surface area contributed by atoms with Crippen LogP contribution in [-0.2, 0) is 13.0 Å². The second kappa shape index (κ2) is 12.5. The molecule has 0 atom stereocenters. The molecule has 0 bridgehead atoms. The Balaban J connectivity index is 0.00000450. The molecule has 0 heterocycles. The summed E-state index contributed by atoms with van der Waals surface area (Å²) in [6.45, 7) is 10.0. The van der Waals surface area contributed by atoms with Crippen LogP contribution in [0.5, 0.6) is 17.2 Å². The maximum Gasteiger partial charge on any atom is 0.191 e. The number of guanidine groups is 1.